The fraction of sp³-hybridized carbons (Fsp3) is 0.500. The lowest BCUT2D eigenvalue weighted by atomic mass is 10.1. The van der Waals surface area contributed by atoms with Gasteiger partial charge in [-0.2, -0.15) is 0 Å². The topological polar surface area (TPSA) is 58.6 Å². The molecule has 1 amide bonds. The summed E-state index contributed by atoms with van der Waals surface area (Å²) in [7, 11) is 0. The molecular weight excluding hydrogens is 268 g/mol. The van der Waals surface area contributed by atoms with Crippen LogP contribution in [0.25, 0.3) is 0 Å². The van der Waals surface area contributed by atoms with Gasteiger partial charge in [0.15, 0.2) is 0 Å². The first kappa shape index (κ1) is 17.2. The largest absolute Gasteiger partial charge is 0.465 e. The van der Waals surface area contributed by atoms with E-state index in [4.69, 9.17) is 4.74 Å². The van der Waals surface area contributed by atoms with E-state index >= 15 is 0 Å². The molecule has 1 aromatic rings. The molecule has 0 saturated carbocycles. The number of carbonyl (C=O) groups excluding carboxylic acids is 2. The summed E-state index contributed by atoms with van der Waals surface area (Å²) in [5.74, 6) is -0.401. The van der Waals surface area contributed by atoms with E-state index in [0.29, 0.717) is 19.7 Å². The van der Waals surface area contributed by atoms with Crippen molar-refractivity contribution in [2.75, 3.05) is 19.7 Å². The van der Waals surface area contributed by atoms with Gasteiger partial charge < -0.3 is 10.1 Å². The molecule has 5 nitrogen and oxygen atoms in total. The summed E-state index contributed by atoms with van der Waals surface area (Å²) < 4.78 is 4.99. The van der Waals surface area contributed by atoms with E-state index in [1.807, 2.05) is 42.2 Å². The Bertz CT molecular complexity index is 448. The highest BCUT2D eigenvalue weighted by molar-refractivity contribution is 5.82. The molecule has 1 aromatic carbocycles. The number of carbonyl (C=O) groups is 2. The number of benzene rings is 1. The van der Waals surface area contributed by atoms with Crippen LogP contribution in [-0.4, -0.2) is 42.5 Å². The lowest BCUT2D eigenvalue weighted by Gasteiger charge is -2.27. The number of rotatable bonds is 8. The quantitative estimate of drug-likeness (QED) is 0.739. The van der Waals surface area contributed by atoms with Gasteiger partial charge in [0.05, 0.1) is 19.2 Å². The molecule has 0 saturated heterocycles. The summed E-state index contributed by atoms with van der Waals surface area (Å²) in [4.78, 5) is 25.6. The Hall–Kier alpha value is -1.88. The first-order chi connectivity index (χ1) is 10.1. The van der Waals surface area contributed by atoms with E-state index < -0.39 is 6.04 Å². The second-order valence-corrected chi connectivity index (χ2v) is 4.77. The van der Waals surface area contributed by atoms with Crippen molar-refractivity contribution in [1.82, 2.24) is 10.2 Å². The van der Waals surface area contributed by atoms with Gasteiger partial charge in [0.1, 0.15) is 0 Å². The number of nitrogens with one attached hydrogen (secondary N) is 1. The number of ether oxygens (including phenoxy) is 1. The van der Waals surface area contributed by atoms with E-state index in [1.165, 1.54) is 0 Å². The van der Waals surface area contributed by atoms with Gasteiger partial charge in [-0.3, -0.25) is 14.5 Å². The number of likely N-dealkylation sites (N-methyl/N-ethyl adjacent to an activating group) is 1. The van der Waals surface area contributed by atoms with Crippen LogP contribution in [0, 0.1) is 0 Å². The molecule has 0 bridgehead atoms. The zero-order valence-corrected chi connectivity index (χ0v) is 13.0. The molecular formula is C16H24N2O3. The Morgan fingerprint density at radius 1 is 1.24 bits per heavy atom. The highest BCUT2D eigenvalue weighted by Crippen LogP contribution is 2.09. The Balaban J connectivity index is 2.78. The highest BCUT2D eigenvalue weighted by atomic mass is 16.5. The maximum absolute atomic E-state index is 12.0. The molecule has 0 aromatic heterocycles. The lowest BCUT2D eigenvalue weighted by Crippen LogP contribution is -2.46. The van der Waals surface area contributed by atoms with Crippen LogP contribution >= 0.6 is 0 Å². The predicted octanol–water partition coefficient (Wildman–Crippen LogP) is 1.58. The molecule has 21 heavy (non-hydrogen) atoms. The van der Waals surface area contributed by atoms with Gasteiger partial charge in [-0.25, -0.2) is 0 Å². The third kappa shape index (κ3) is 5.95. The highest BCUT2D eigenvalue weighted by Gasteiger charge is 2.23. The molecule has 1 rings (SSSR count). The van der Waals surface area contributed by atoms with Crippen LogP contribution in [0.3, 0.4) is 0 Å². The third-order valence-corrected chi connectivity index (χ3v) is 3.14. The molecule has 5 heteroatoms. The second kappa shape index (κ2) is 9.13. The van der Waals surface area contributed by atoms with E-state index in [0.717, 1.165) is 5.56 Å². The van der Waals surface area contributed by atoms with Gasteiger partial charge in [-0.15, -0.1) is 0 Å². The van der Waals surface area contributed by atoms with Gasteiger partial charge in [-0.05, 0) is 26.3 Å². The van der Waals surface area contributed by atoms with Gasteiger partial charge in [0, 0.05) is 13.1 Å². The minimum atomic E-state index is -0.394. The van der Waals surface area contributed by atoms with Crippen LogP contribution in [-0.2, 0) is 20.9 Å². The van der Waals surface area contributed by atoms with E-state index in [-0.39, 0.29) is 18.4 Å². The minimum absolute atomic E-state index is 0.0854. The monoisotopic (exact) mass is 292 g/mol. The van der Waals surface area contributed by atoms with Gasteiger partial charge in [-0.1, -0.05) is 30.3 Å². The van der Waals surface area contributed by atoms with Crippen molar-refractivity contribution < 1.29 is 14.3 Å². The van der Waals surface area contributed by atoms with Crippen LogP contribution < -0.4 is 5.32 Å². The van der Waals surface area contributed by atoms with Gasteiger partial charge in [0.25, 0.3) is 0 Å². The molecule has 0 spiro atoms. The molecule has 1 unspecified atom stereocenters. The Morgan fingerprint density at radius 2 is 1.90 bits per heavy atom. The van der Waals surface area contributed by atoms with E-state index in [9.17, 15) is 9.59 Å². The molecule has 0 fully saturated rings. The standard InChI is InChI=1S/C16H24N2O3/c1-4-17-16(20)13(3)18(12-15(19)21-5-2)11-14-9-7-6-8-10-14/h6-10,13H,4-5,11-12H2,1-3H3,(H,17,20). The van der Waals surface area contributed by atoms with Crippen molar-refractivity contribution in [3.8, 4) is 0 Å². The summed E-state index contributed by atoms with van der Waals surface area (Å²) in [6.45, 7) is 6.98. The summed E-state index contributed by atoms with van der Waals surface area (Å²) in [6, 6.07) is 9.37. The minimum Gasteiger partial charge on any atom is -0.465 e. The van der Waals surface area contributed by atoms with Crippen molar-refractivity contribution in [3.05, 3.63) is 35.9 Å². The molecule has 1 N–H and O–H groups in total. The van der Waals surface area contributed by atoms with E-state index in [2.05, 4.69) is 5.32 Å². The zero-order valence-electron chi connectivity index (χ0n) is 13.0. The Kier molecular flexibility index (Phi) is 7.46. The fourth-order valence-electron chi connectivity index (χ4n) is 2.01. The number of hydrogen-bond acceptors (Lipinski definition) is 4. The van der Waals surface area contributed by atoms with Crippen LogP contribution in [0.2, 0.25) is 0 Å². The van der Waals surface area contributed by atoms with Crippen LogP contribution in [0.5, 0.6) is 0 Å². The molecule has 0 aliphatic carbocycles. The number of hydrogen-bond donors (Lipinski definition) is 1. The van der Waals surface area contributed by atoms with Crippen LogP contribution in [0.4, 0.5) is 0 Å². The van der Waals surface area contributed by atoms with Crippen molar-refractivity contribution >= 4 is 11.9 Å². The molecule has 0 aliphatic rings. The summed E-state index contributed by atoms with van der Waals surface area (Å²) >= 11 is 0. The normalized spacial score (nSPS) is 12.0. The maximum Gasteiger partial charge on any atom is 0.320 e. The van der Waals surface area contributed by atoms with Crippen molar-refractivity contribution in [3.63, 3.8) is 0 Å². The van der Waals surface area contributed by atoms with Crippen LogP contribution in [0.15, 0.2) is 30.3 Å². The van der Waals surface area contributed by atoms with E-state index in [1.54, 1.807) is 13.8 Å². The lowest BCUT2D eigenvalue weighted by molar-refractivity contribution is -0.145. The van der Waals surface area contributed by atoms with Gasteiger partial charge >= 0.3 is 5.97 Å². The molecule has 0 heterocycles. The maximum atomic E-state index is 12.0. The molecule has 1 atom stereocenters. The molecule has 0 aliphatic heterocycles. The number of esters is 1. The Morgan fingerprint density at radius 3 is 2.48 bits per heavy atom. The first-order valence-electron chi connectivity index (χ1n) is 7.29. The smallest absolute Gasteiger partial charge is 0.320 e. The second-order valence-electron chi connectivity index (χ2n) is 4.77. The average Bonchev–Trinajstić information content (AvgIpc) is 2.47. The third-order valence-electron chi connectivity index (χ3n) is 3.14. The first-order valence-corrected chi connectivity index (χ1v) is 7.29. The Labute approximate surface area is 126 Å². The summed E-state index contributed by atoms with van der Waals surface area (Å²) in [5.41, 5.74) is 1.05. The van der Waals surface area contributed by atoms with Gasteiger partial charge in [0.2, 0.25) is 5.91 Å². The molecule has 116 valence electrons. The number of nitrogens with zero attached hydrogens (tertiary/aromatic N) is 1. The van der Waals surface area contributed by atoms with Crippen molar-refractivity contribution in [2.24, 2.45) is 0 Å². The van der Waals surface area contributed by atoms with Crippen molar-refractivity contribution in [1.29, 1.82) is 0 Å². The summed E-state index contributed by atoms with van der Waals surface area (Å²) in [6.07, 6.45) is 0. The zero-order chi connectivity index (χ0) is 15.7. The predicted molar refractivity (Wildman–Crippen MR) is 81.6 cm³/mol. The number of amides is 1. The fourth-order valence-corrected chi connectivity index (χ4v) is 2.01. The molecule has 0 radical (unpaired) electrons. The summed E-state index contributed by atoms with van der Waals surface area (Å²) in [5, 5.41) is 2.78. The average molecular weight is 292 g/mol. The SMILES string of the molecule is CCNC(=O)C(C)N(CC(=O)OCC)Cc1ccccc1. The van der Waals surface area contributed by atoms with Crippen LogP contribution in [0.1, 0.15) is 26.3 Å². The van der Waals surface area contributed by atoms with Crippen molar-refractivity contribution in [2.45, 2.75) is 33.4 Å².